The van der Waals surface area contributed by atoms with Crippen LogP contribution in [0.1, 0.15) is 45.4 Å². The van der Waals surface area contributed by atoms with Gasteiger partial charge in [-0.05, 0) is 50.6 Å². The van der Waals surface area contributed by atoms with Crippen LogP contribution in [0.25, 0.3) is 0 Å². The molecule has 1 aromatic rings. The minimum Gasteiger partial charge on any atom is -0.483 e. The highest BCUT2D eigenvalue weighted by atomic mass is 32.2. The summed E-state index contributed by atoms with van der Waals surface area (Å²) in [7, 11) is -4.08. The van der Waals surface area contributed by atoms with E-state index in [4.69, 9.17) is 14.6 Å². The third-order valence-corrected chi connectivity index (χ3v) is 7.32. The number of nitrogens with zero attached hydrogens (tertiary/aromatic N) is 1. The molecule has 3 N–H and O–H groups in total. The summed E-state index contributed by atoms with van der Waals surface area (Å²) >= 11 is 0. The fourth-order valence-electron chi connectivity index (χ4n) is 4.31. The van der Waals surface area contributed by atoms with Gasteiger partial charge in [-0.25, -0.2) is 13.6 Å². The number of allylic oxidation sites excluding steroid dienone is 2. The number of hydrogen-bond donors (Lipinski definition) is 2. The smallest absolute Gasteiger partial charge is 0.237 e. The van der Waals surface area contributed by atoms with Crippen molar-refractivity contribution in [2.24, 2.45) is 5.14 Å². The number of carbonyl (C=O) groups is 1. The molecule has 1 aliphatic carbocycles. The third kappa shape index (κ3) is 8.84. The lowest BCUT2D eigenvalue weighted by Gasteiger charge is -2.31. The monoisotopic (exact) mass is 505 g/mol. The zero-order valence-corrected chi connectivity index (χ0v) is 21.5. The normalized spacial score (nSPS) is 21.3. The number of sulfonamides is 1. The molecule has 35 heavy (non-hydrogen) atoms. The first kappa shape index (κ1) is 27.5. The van der Waals surface area contributed by atoms with Crippen molar-refractivity contribution >= 4 is 15.8 Å². The number of hydrogen-bond acceptors (Lipinski definition) is 7. The van der Waals surface area contributed by atoms with Gasteiger partial charge in [0.25, 0.3) is 0 Å². The molecule has 0 spiro atoms. The van der Waals surface area contributed by atoms with Crippen LogP contribution in [0, 0.1) is 0 Å². The Balaban J connectivity index is 1.67. The van der Waals surface area contributed by atoms with Gasteiger partial charge in [0.2, 0.25) is 10.0 Å². The number of morpholine rings is 1. The van der Waals surface area contributed by atoms with E-state index in [1.165, 1.54) is 6.08 Å². The summed E-state index contributed by atoms with van der Waals surface area (Å²) in [6.07, 6.45) is 7.36. The maximum absolute atomic E-state index is 13.0. The van der Waals surface area contributed by atoms with Gasteiger partial charge in [0, 0.05) is 25.1 Å². The first-order valence-electron chi connectivity index (χ1n) is 12.6. The SMILES string of the molecule is CCCCNC1C=C(C(=O)CCCCCN2CCOCC2)C=C(S(N)(=O)=O)C1Oc1ccccc1. The van der Waals surface area contributed by atoms with Crippen molar-refractivity contribution in [1.82, 2.24) is 10.2 Å². The molecule has 0 radical (unpaired) electrons. The quantitative estimate of drug-likeness (QED) is 0.374. The molecular weight excluding hydrogens is 466 g/mol. The van der Waals surface area contributed by atoms with E-state index in [9.17, 15) is 13.2 Å². The summed E-state index contributed by atoms with van der Waals surface area (Å²) in [6, 6.07) is 8.55. The van der Waals surface area contributed by atoms with Crippen molar-refractivity contribution in [3.05, 3.63) is 53.0 Å². The molecule has 0 bridgehead atoms. The van der Waals surface area contributed by atoms with E-state index in [2.05, 4.69) is 17.1 Å². The van der Waals surface area contributed by atoms with Gasteiger partial charge in [0.15, 0.2) is 11.9 Å². The van der Waals surface area contributed by atoms with Crippen molar-refractivity contribution < 1.29 is 22.7 Å². The topological polar surface area (TPSA) is 111 Å². The Kier molecular flexibility index (Phi) is 10.9. The highest BCUT2D eigenvalue weighted by Gasteiger charge is 2.36. The average Bonchev–Trinajstić information content (AvgIpc) is 2.85. The first-order chi connectivity index (χ1) is 16.9. The largest absolute Gasteiger partial charge is 0.483 e. The lowest BCUT2D eigenvalue weighted by Crippen LogP contribution is -2.47. The minimum absolute atomic E-state index is 0.0713. The van der Waals surface area contributed by atoms with Crippen LogP contribution in [0.15, 0.2) is 53.0 Å². The summed E-state index contributed by atoms with van der Waals surface area (Å²) in [6.45, 7) is 7.27. The molecule has 1 fully saturated rings. The predicted molar refractivity (Wildman–Crippen MR) is 138 cm³/mol. The van der Waals surface area contributed by atoms with Gasteiger partial charge in [-0.3, -0.25) is 9.69 Å². The fraction of sp³-hybridized carbons (Fsp3) is 0.577. The van der Waals surface area contributed by atoms with E-state index in [1.54, 1.807) is 18.2 Å². The molecule has 1 aliphatic heterocycles. The molecule has 2 atom stereocenters. The van der Waals surface area contributed by atoms with Gasteiger partial charge in [0.1, 0.15) is 10.7 Å². The summed E-state index contributed by atoms with van der Waals surface area (Å²) < 4.78 is 36.5. The summed E-state index contributed by atoms with van der Waals surface area (Å²) in [5.41, 5.74) is 0.379. The van der Waals surface area contributed by atoms with Gasteiger partial charge in [-0.1, -0.05) is 44.0 Å². The summed E-state index contributed by atoms with van der Waals surface area (Å²) in [5.74, 6) is 0.468. The molecule has 1 saturated heterocycles. The first-order valence-corrected chi connectivity index (χ1v) is 14.2. The number of para-hydroxylation sites is 1. The molecule has 0 aromatic heterocycles. The zero-order valence-electron chi connectivity index (χ0n) is 20.7. The second-order valence-corrected chi connectivity index (χ2v) is 10.6. The lowest BCUT2D eigenvalue weighted by molar-refractivity contribution is -0.115. The van der Waals surface area contributed by atoms with E-state index >= 15 is 0 Å². The Morgan fingerprint density at radius 1 is 1.14 bits per heavy atom. The maximum Gasteiger partial charge on any atom is 0.237 e. The van der Waals surface area contributed by atoms with Gasteiger partial charge in [-0.2, -0.15) is 0 Å². The Labute approximate surface area is 209 Å². The second-order valence-electron chi connectivity index (χ2n) is 9.09. The third-order valence-electron chi connectivity index (χ3n) is 6.31. The number of primary sulfonamides is 1. The number of Topliss-reactive ketones (excluding diaryl/α,β-unsaturated/α-hetero) is 1. The van der Waals surface area contributed by atoms with Crippen LogP contribution in [0.5, 0.6) is 5.75 Å². The van der Waals surface area contributed by atoms with E-state index < -0.39 is 22.2 Å². The van der Waals surface area contributed by atoms with Crippen LogP contribution < -0.4 is 15.2 Å². The lowest BCUT2D eigenvalue weighted by atomic mass is 9.94. The zero-order chi connectivity index (χ0) is 25.1. The van der Waals surface area contributed by atoms with E-state index in [0.29, 0.717) is 24.3 Å². The minimum atomic E-state index is -4.08. The molecule has 0 amide bonds. The summed E-state index contributed by atoms with van der Waals surface area (Å²) in [4.78, 5) is 15.3. The van der Waals surface area contributed by atoms with Gasteiger partial charge < -0.3 is 14.8 Å². The number of ketones is 1. The van der Waals surface area contributed by atoms with Crippen molar-refractivity contribution in [3.63, 3.8) is 0 Å². The standard InChI is InChI=1S/C26H39N3O5S/c1-2-3-13-28-23-19-21(24(30)12-8-5-9-14-29-15-17-33-18-16-29)20-25(35(27,31)32)26(23)34-22-10-6-4-7-11-22/h4,6-7,10-11,19-20,23,26,28H,2-3,5,8-9,12-18H2,1H3,(H2,27,31,32). The Morgan fingerprint density at radius 3 is 2.57 bits per heavy atom. The number of carbonyl (C=O) groups excluding carboxylic acids is 1. The highest BCUT2D eigenvalue weighted by molar-refractivity contribution is 7.93. The fourth-order valence-corrected chi connectivity index (χ4v) is 5.12. The predicted octanol–water partition coefficient (Wildman–Crippen LogP) is 2.77. The molecule has 194 valence electrons. The molecule has 1 heterocycles. The van der Waals surface area contributed by atoms with Crippen molar-refractivity contribution in [2.45, 2.75) is 57.6 Å². The Morgan fingerprint density at radius 2 is 1.89 bits per heavy atom. The molecule has 2 aliphatic rings. The summed E-state index contributed by atoms with van der Waals surface area (Å²) in [5, 5.41) is 8.95. The number of ether oxygens (including phenoxy) is 2. The number of unbranched alkanes of at least 4 members (excludes halogenated alkanes) is 3. The van der Waals surface area contributed by atoms with Gasteiger partial charge in [-0.15, -0.1) is 0 Å². The van der Waals surface area contributed by atoms with Crippen LogP contribution in [-0.2, 0) is 19.6 Å². The molecular formula is C26H39N3O5S. The highest BCUT2D eigenvalue weighted by Crippen LogP contribution is 2.28. The van der Waals surface area contributed by atoms with E-state index in [-0.39, 0.29) is 10.7 Å². The molecule has 1 aromatic carbocycles. The molecule has 0 saturated carbocycles. The van der Waals surface area contributed by atoms with Crippen molar-refractivity contribution in [1.29, 1.82) is 0 Å². The van der Waals surface area contributed by atoms with Crippen LogP contribution in [-0.4, -0.2) is 70.6 Å². The van der Waals surface area contributed by atoms with E-state index in [0.717, 1.165) is 65.0 Å². The molecule has 3 rings (SSSR count). The molecule has 2 unspecified atom stereocenters. The Bertz CT molecular complexity index is 972. The van der Waals surface area contributed by atoms with E-state index in [1.807, 2.05) is 18.2 Å². The molecule has 8 nitrogen and oxygen atoms in total. The van der Waals surface area contributed by atoms with Gasteiger partial charge >= 0.3 is 0 Å². The number of benzene rings is 1. The number of nitrogens with two attached hydrogens (primary N) is 1. The second kappa shape index (κ2) is 13.9. The van der Waals surface area contributed by atoms with Crippen LogP contribution in [0.4, 0.5) is 0 Å². The Hall–Kier alpha value is -2.04. The van der Waals surface area contributed by atoms with Crippen molar-refractivity contribution in [3.8, 4) is 5.75 Å². The number of rotatable bonds is 14. The van der Waals surface area contributed by atoms with Crippen molar-refractivity contribution in [2.75, 3.05) is 39.4 Å². The average molecular weight is 506 g/mol. The van der Waals surface area contributed by atoms with Crippen LogP contribution in [0.3, 0.4) is 0 Å². The molecule has 9 heteroatoms. The maximum atomic E-state index is 13.0. The van der Waals surface area contributed by atoms with Gasteiger partial charge in [0.05, 0.1) is 19.3 Å². The van der Waals surface area contributed by atoms with Crippen LogP contribution in [0.2, 0.25) is 0 Å². The number of nitrogens with one attached hydrogen (secondary N) is 1. The van der Waals surface area contributed by atoms with Crippen LogP contribution >= 0.6 is 0 Å².